The smallest absolute Gasteiger partial charge is 0.355 e. The highest BCUT2D eigenvalue weighted by atomic mass is 19.4. The second kappa shape index (κ2) is 6.39. The summed E-state index contributed by atoms with van der Waals surface area (Å²) in [6, 6.07) is 2.40. The van der Waals surface area contributed by atoms with Crippen molar-refractivity contribution < 1.29 is 13.2 Å². The van der Waals surface area contributed by atoms with Crippen LogP contribution in [0.4, 0.5) is 19.0 Å². The van der Waals surface area contributed by atoms with Gasteiger partial charge in [0.2, 0.25) is 0 Å². The summed E-state index contributed by atoms with van der Waals surface area (Å²) in [6.07, 6.45) is -1.19. The van der Waals surface area contributed by atoms with E-state index >= 15 is 0 Å². The zero-order valence-electron chi connectivity index (χ0n) is 11.5. The van der Waals surface area contributed by atoms with Gasteiger partial charge in [0.15, 0.2) is 11.5 Å². The number of rotatable bonds is 4. The fraction of sp³-hybridized carbons (Fsp3) is 0.692. The summed E-state index contributed by atoms with van der Waals surface area (Å²) in [5.41, 5.74) is -0.940. The van der Waals surface area contributed by atoms with Gasteiger partial charge in [0.25, 0.3) is 0 Å². The number of hydrogen-bond donors (Lipinski definition) is 1. The lowest BCUT2D eigenvalue weighted by Crippen LogP contribution is -2.35. The van der Waals surface area contributed by atoms with Crippen LogP contribution in [0.2, 0.25) is 0 Å². The number of aromatic nitrogens is 2. The second-order valence-electron chi connectivity index (χ2n) is 5.10. The Balaban J connectivity index is 1.90. The molecule has 2 rings (SSSR count). The molecule has 1 aromatic heterocycles. The first kappa shape index (κ1) is 15.0. The van der Waals surface area contributed by atoms with Crippen molar-refractivity contribution in [3.63, 3.8) is 0 Å². The van der Waals surface area contributed by atoms with E-state index in [0.717, 1.165) is 45.0 Å². The molecular formula is C13H19F3N4. The minimum absolute atomic E-state index is 0.532. The number of alkyl halides is 3. The van der Waals surface area contributed by atoms with Crippen LogP contribution in [0.3, 0.4) is 0 Å². The molecule has 1 fully saturated rings. The summed E-state index contributed by atoms with van der Waals surface area (Å²) in [5, 5.41) is 10.1. The molecule has 2 heterocycles. The Morgan fingerprint density at radius 2 is 1.95 bits per heavy atom. The molecular weight excluding hydrogens is 269 g/mol. The van der Waals surface area contributed by atoms with Crippen LogP contribution in [0.25, 0.3) is 0 Å². The molecule has 0 amide bonds. The molecule has 0 aromatic carbocycles. The van der Waals surface area contributed by atoms with Gasteiger partial charge in [-0.1, -0.05) is 0 Å². The Labute approximate surface area is 116 Å². The number of piperidine rings is 1. The van der Waals surface area contributed by atoms with E-state index in [4.69, 9.17) is 0 Å². The normalized spacial score (nSPS) is 17.5. The molecule has 0 atom stereocenters. The molecule has 1 saturated heterocycles. The van der Waals surface area contributed by atoms with Gasteiger partial charge in [0.05, 0.1) is 0 Å². The molecule has 1 aliphatic heterocycles. The van der Waals surface area contributed by atoms with Crippen molar-refractivity contribution in [1.82, 2.24) is 15.5 Å². The lowest BCUT2D eigenvalue weighted by molar-refractivity contribution is -0.141. The average Bonchev–Trinajstić information content (AvgIpc) is 2.45. The monoisotopic (exact) mass is 288 g/mol. The maximum atomic E-state index is 12.4. The molecule has 0 unspecified atom stereocenters. The Morgan fingerprint density at radius 3 is 2.45 bits per heavy atom. The molecule has 112 valence electrons. The standard InChI is InChI=1S/C13H19F3N4/c1-17-7-4-10-5-8-20(9-6-10)12-3-2-11(18-19-12)13(14,15)16/h2-3,10,17H,4-9H2,1H3. The van der Waals surface area contributed by atoms with Gasteiger partial charge in [-0.25, -0.2) is 0 Å². The van der Waals surface area contributed by atoms with E-state index in [1.54, 1.807) is 0 Å². The van der Waals surface area contributed by atoms with Gasteiger partial charge in [-0.15, -0.1) is 10.2 Å². The third-order valence-corrected chi connectivity index (χ3v) is 3.68. The Morgan fingerprint density at radius 1 is 1.25 bits per heavy atom. The number of nitrogens with zero attached hydrogens (tertiary/aromatic N) is 3. The average molecular weight is 288 g/mol. The van der Waals surface area contributed by atoms with Crippen molar-refractivity contribution in [2.75, 3.05) is 31.6 Å². The lowest BCUT2D eigenvalue weighted by atomic mass is 9.93. The summed E-state index contributed by atoms with van der Waals surface area (Å²) in [5.74, 6) is 1.21. The molecule has 0 aliphatic carbocycles. The summed E-state index contributed by atoms with van der Waals surface area (Å²) in [6.45, 7) is 2.66. The molecule has 1 N–H and O–H groups in total. The van der Waals surface area contributed by atoms with E-state index in [2.05, 4.69) is 15.5 Å². The summed E-state index contributed by atoms with van der Waals surface area (Å²) >= 11 is 0. The quantitative estimate of drug-likeness (QED) is 0.923. The highest BCUT2D eigenvalue weighted by molar-refractivity contribution is 5.38. The SMILES string of the molecule is CNCCC1CCN(c2ccc(C(F)(F)F)nn2)CC1. The molecule has 0 radical (unpaired) electrons. The number of hydrogen-bond acceptors (Lipinski definition) is 4. The van der Waals surface area contributed by atoms with Crippen molar-refractivity contribution in [3.8, 4) is 0 Å². The van der Waals surface area contributed by atoms with E-state index in [1.165, 1.54) is 6.07 Å². The maximum absolute atomic E-state index is 12.4. The van der Waals surface area contributed by atoms with Crippen molar-refractivity contribution in [3.05, 3.63) is 17.8 Å². The third-order valence-electron chi connectivity index (χ3n) is 3.68. The molecule has 0 bridgehead atoms. The van der Waals surface area contributed by atoms with E-state index in [-0.39, 0.29) is 0 Å². The van der Waals surface area contributed by atoms with Crippen LogP contribution in [0.5, 0.6) is 0 Å². The lowest BCUT2D eigenvalue weighted by Gasteiger charge is -2.32. The third kappa shape index (κ3) is 3.82. The molecule has 4 nitrogen and oxygen atoms in total. The highest BCUT2D eigenvalue weighted by Crippen LogP contribution is 2.28. The highest BCUT2D eigenvalue weighted by Gasteiger charge is 2.33. The van der Waals surface area contributed by atoms with Crippen LogP contribution in [-0.2, 0) is 6.18 Å². The first-order valence-electron chi connectivity index (χ1n) is 6.81. The Bertz CT molecular complexity index is 411. The predicted octanol–water partition coefficient (Wildman–Crippen LogP) is 2.32. The molecule has 0 saturated carbocycles. The zero-order valence-corrected chi connectivity index (χ0v) is 11.5. The molecule has 0 spiro atoms. The second-order valence-corrected chi connectivity index (χ2v) is 5.10. The van der Waals surface area contributed by atoms with Crippen LogP contribution in [0.1, 0.15) is 25.0 Å². The van der Waals surface area contributed by atoms with Gasteiger partial charge in [-0.05, 0) is 50.9 Å². The van der Waals surface area contributed by atoms with Crippen LogP contribution in [0, 0.1) is 5.92 Å². The summed E-state index contributed by atoms with van der Waals surface area (Å²) in [7, 11) is 1.94. The van der Waals surface area contributed by atoms with E-state index in [1.807, 2.05) is 11.9 Å². The fourth-order valence-corrected chi connectivity index (χ4v) is 2.44. The first-order chi connectivity index (χ1) is 9.50. The van der Waals surface area contributed by atoms with Crippen molar-refractivity contribution in [1.29, 1.82) is 0 Å². The maximum Gasteiger partial charge on any atom is 0.435 e. The van der Waals surface area contributed by atoms with E-state index in [0.29, 0.717) is 11.7 Å². The van der Waals surface area contributed by atoms with Crippen molar-refractivity contribution in [2.24, 2.45) is 5.92 Å². The van der Waals surface area contributed by atoms with Gasteiger partial charge >= 0.3 is 6.18 Å². The van der Waals surface area contributed by atoms with E-state index < -0.39 is 11.9 Å². The number of halogens is 3. The molecule has 1 aliphatic rings. The molecule has 20 heavy (non-hydrogen) atoms. The van der Waals surface area contributed by atoms with Gasteiger partial charge in [0, 0.05) is 13.1 Å². The molecule has 7 heteroatoms. The van der Waals surface area contributed by atoms with Crippen LogP contribution in [0.15, 0.2) is 12.1 Å². The zero-order chi connectivity index (χ0) is 14.6. The van der Waals surface area contributed by atoms with Gasteiger partial charge in [-0.3, -0.25) is 0 Å². The Hall–Kier alpha value is -1.37. The van der Waals surface area contributed by atoms with Crippen molar-refractivity contribution >= 4 is 5.82 Å². The minimum Gasteiger partial charge on any atom is -0.355 e. The molecule has 1 aromatic rings. The van der Waals surface area contributed by atoms with E-state index in [9.17, 15) is 13.2 Å². The van der Waals surface area contributed by atoms with Gasteiger partial charge in [0.1, 0.15) is 0 Å². The van der Waals surface area contributed by atoms with Crippen LogP contribution < -0.4 is 10.2 Å². The van der Waals surface area contributed by atoms with Crippen LogP contribution >= 0.6 is 0 Å². The summed E-state index contributed by atoms with van der Waals surface area (Å²) in [4.78, 5) is 2.00. The topological polar surface area (TPSA) is 41.0 Å². The van der Waals surface area contributed by atoms with Crippen LogP contribution in [-0.4, -0.2) is 36.9 Å². The number of anilines is 1. The fourth-order valence-electron chi connectivity index (χ4n) is 2.44. The minimum atomic E-state index is -4.42. The Kier molecular flexibility index (Phi) is 4.80. The largest absolute Gasteiger partial charge is 0.435 e. The first-order valence-corrected chi connectivity index (χ1v) is 6.81. The number of nitrogens with one attached hydrogen (secondary N) is 1. The van der Waals surface area contributed by atoms with Gasteiger partial charge < -0.3 is 10.2 Å². The van der Waals surface area contributed by atoms with Crippen molar-refractivity contribution in [2.45, 2.75) is 25.4 Å². The van der Waals surface area contributed by atoms with Gasteiger partial charge in [-0.2, -0.15) is 13.2 Å². The summed E-state index contributed by atoms with van der Waals surface area (Å²) < 4.78 is 37.2. The predicted molar refractivity (Wildman–Crippen MR) is 70.5 cm³/mol.